The van der Waals surface area contributed by atoms with Gasteiger partial charge in [-0.3, -0.25) is 4.79 Å². The van der Waals surface area contributed by atoms with Gasteiger partial charge in [-0.2, -0.15) is 0 Å². The fourth-order valence-electron chi connectivity index (χ4n) is 1.99. The molecule has 0 saturated heterocycles. The van der Waals surface area contributed by atoms with Crippen molar-refractivity contribution in [3.05, 3.63) is 58.4 Å². The number of benzene rings is 1. The van der Waals surface area contributed by atoms with Gasteiger partial charge in [-0.25, -0.2) is 4.98 Å². The first-order valence-corrected chi connectivity index (χ1v) is 7.50. The van der Waals surface area contributed by atoms with E-state index in [0.29, 0.717) is 24.0 Å². The van der Waals surface area contributed by atoms with E-state index < -0.39 is 5.91 Å². The lowest BCUT2D eigenvalue weighted by Gasteiger charge is -2.13. The van der Waals surface area contributed by atoms with Crippen molar-refractivity contribution in [3.8, 4) is 5.75 Å². The lowest BCUT2D eigenvalue weighted by atomic mass is 10.1. The Morgan fingerprint density at radius 2 is 2.04 bits per heavy atom. The first kappa shape index (κ1) is 19.3. The average molecular weight is 355 g/mol. The Kier molecular flexibility index (Phi) is 7.33. The van der Waals surface area contributed by atoms with Gasteiger partial charge in [-0.15, -0.1) is 12.4 Å². The van der Waals surface area contributed by atoms with Crippen LogP contribution >= 0.6 is 24.0 Å². The van der Waals surface area contributed by atoms with Crippen LogP contribution in [0.4, 0.5) is 0 Å². The third-order valence-corrected chi connectivity index (χ3v) is 3.26. The predicted octanol–water partition coefficient (Wildman–Crippen LogP) is 3.88. The number of hydrogen-bond donors (Lipinski definition) is 1. The quantitative estimate of drug-likeness (QED) is 0.855. The molecule has 0 unspecified atom stereocenters. The zero-order valence-corrected chi connectivity index (χ0v) is 14.7. The van der Waals surface area contributed by atoms with Crippen molar-refractivity contribution in [2.75, 3.05) is 6.61 Å². The summed E-state index contributed by atoms with van der Waals surface area (Å²) < 4.78 is 5.83. The number of hydrogen-bond acceptors (Lipinski definition) is 3. The van der Waals surface area contributed by atoms with Gasteiger partial charge in [0, 0.05) is 22.7 Å². The zero-order chi connectivity index (χ0) is 16.1. The van der Waals surface area contributed by atoms with E-state index in [4.69, 9.17) is 22.1 Å². The van der Waals surface area contributed by atoms with Gasteiger partial charge in [0.05, 0.1) is 6.61 Å². The number of carbonyl (C=O) groups excluding carboxylic acids is 1. The molecule has 0 fully saturated rings. The van der Waals surface area contributed by atoms with Crippen LogP contribution in [0.15, 0.2) is 36.4 Å². The van der Waals surface area contributed by atoms with Crippen molar-refractivity contribution in [1.29, 1.82) is 0 Å². The summed E-state index contributed by atoms with van der Waals surface area (Å²) in [6.45, 7) is 4.81. The summed E-state index contributed by atoms with van der Waals surface area (Å²) in [4.78, 5) is 15.5. The summed E-state index contributed by atoms with van der Waals surface area (Å²) in [5.41, 5.74) is 7.19. The van der Waals surface area contributed by atoms with Gasteiger partial charge in [-0.1, -0.05) is 31.5 Å². The minimum atomic E-state index is -0.538. The van der Waals surface area contributed by atoms with Crippen molar-refractivity contribution >= 4 is 29.9 Å². The van der Waals surface area contributed by atoms with Crippen molar-refractivity contribution in [2.24, 2.45) is 11.7 Å². The lowest BCUT2D eigenvalue weighted by Crippen LogP contribution is -2.14. The number of rotatable bonds is 6. The van der Waals surface area contributed by atoms with E-state index in [2.05, 4.69) is 18.8 Å². The molecule has 0 bridgehead atoms. The molecule has 1 heterocycles. The van der Waals surface area contributed by atoms with Crippen LogP contribution in [-0.4, -0.2) is 17.5 Å². The largest absolute Gasteiger partial charge is 0.493 e. The fourth-order valence-corrected chi connectivity index (χ4v) is 2.19. The van der Waals surface area contributed by atoms with E-state index in [-0.39, 0.29) is 18.1 Å². The average Bonchev–Trinajstić information content (AvgIpc) is 2.46. The van der Waals surface area contributed by atoms with Crippen molar-refractivity contribution in [1.82, 2.24) is 4.98 Å². The molecule has 6 heteroatoms. The van der Waals surface area contributed by atoms with E-state index in [1.165, 1.54) is 0 Å². The molecule has 1 amide bonds. The first-order chi connectivity index (χ1) is 10.5. The number of halogens is 2. The van der Waals surface area contributed by atoms with Crippen molar-refractivity contribution < 1.29 is 9.53 Å². The summed E-state index contributed by atoms with van der Waals surface area (Å²) in [5, 5.41) is 0.637. The molecule has 1 aromatic heterocycles. The zero-order valence-electron chi connectivity index (χ0n) is 13.1. The summed E-state index contributed by atoms with van der Waals surface area (Å²) in [6, 6.07) is 10.7. The molecule has 0 aliphatic rings. The Morgan fingerprint density at radius 1 is 1.30 bits per heavy atom. The van der Waals surface area contributed by atoms with Gasteiger partial charge >= 0.3 is 0 Å². The number of carbonyl (C=O) groups is 1. The third kappa shape index (κ3) is 5.73. The molecule has 2 N–H and O–H groups in total. The maximum atomic E-state index is 11.2. The van der Waals surface area contributed by atoms with Gasteiger partial charge in [0.25, 0.3) is 5.91 Å². The van der Waals surface area contributed by atoms with Crippen LogP contribution in [0.3, 0.4) is 0 Å². The second-order valence-corrected chi connectivity index (χ2v) is 5.95. The topological polar surface area (TPSA) is 65.2 Å². The molecule has 2 rings (SSSR count). The highest BCUT2D eigenvalue weighted by Gasteiger charge is 2.09. The van der Waals surface area contributed by atoms with Gasteiger partial charge < -0.3 is 10.5 Å². The number of nitrogens with zero attached hydrogens (tertiary/aromatic N) is 1. The monoisotopic (exact) mass is 354 g/mol. The van der Waals surface area contributed by atoms with E-state index in [0.717, 1.165) is 17.0 Å². The number of pyridine rings is 1. The molecular formula is C17H20Cl2N2O2. The highest BCUT2D eigenvalue weighted by Crippen LogP contribution is 2.25. The number of nitrogens with two attached hydrogens (primary N) is 1. The lowest BCUT2D eigenvalue weighted by molar-refractivity contribution is 0.0995. The summed E-state index contributed by atoms with van der Waals surface area (Å²) in [7, 11) is 0. The van der Waals surface area contributed by atoms with Gasteiger partial charge in [0.15, 0.2) is 0 Å². The summed E-state index contributed by atoms with van der Waals surface area (Å²) in [5.74, 6) is 0.674. The Balaban J connectivity index is 0.00000264. The normalized spacial score (nSPS) is 10.3. The third-order valence-electron chi connectivity index (χ3n) is 3.03. The molecule has 4 nitrogen and oxygen atoms in total. The second-order valence-electron chi connectivity index (χ2n) is 5.51. The Hall–Kier alpha value is -1.78. The van der Waals surface area contributed by atoms with Crippen molar-refractivity contribution in [2.45, 2.75) is 20.3 Å². The van der Waals surface area contributed by atoms with E-state index in [1.54, 1.807) is 18.2 Å². The number of aromatic nitrogens is 1. The van der Waals surface area contributed by atoms with E-state index in [1.807, 2.05) is 18.2 Å². The Labute approximate surface area is 147 Å². The van der Waals surface area contributed by atoms with Gasteiger partial charge in [-0.05, 0) is 36.2 Å². The van der Waals surface area contributed by atoms with Crippen LogP contribution in [0, 0.1) is 5.92 Å². The number of ether oxygens (including phenoxy) is 1. The molecule has 23 heavy (non-hydrogen) atoms. The standard InChI is InChI=1S/C17H19ClN2O2.ClH/c1-11(2)10-22-16-7-6-13(18)8-12(16)9-14-4-3-5-15(20-14)17(19)21;/h3-8,11H,9-10H2,1-2H3,(H2,19,21);1H. The number of amides is 1. The molecule has 124 valence electrons. The fraction of sp³-hybridized carbons (Fsp3) is 0.294. The molecular weight excluding hydrogens is 335 g/mol. The second kappa shape index (κ2) is 8.75. The van der Waals surface area contributed by atoms with E-state index >= 15 is 0 Å². The highest BCUT2D eigenvalue weighted by atomic mass is 35.5. The van der Waals surface area contributed by atoms with Crippen LogP contribution in [0.2, 0.25) is 5.02 Å². The van der Waals surface area contributed by atoms with E-state index in [9.17, 15) is 4.79 Å². The minimum absolute atomic E-state index is 0. The maximum absolute atomic E-state index is 11.2. The SMILES string of the molecule is CC(C)COc1ccc(Cl)cc1Cc1cccc(C(N)=O)n1.Cl. The summed E-state index contributed by atoms with van der Waals surface area (Å²) >= 11 is 6.08. The van der Waals surface area contributed by atoms with Crippen molar-refractivity contribution in [3.63, 3.8) is 0 Å². The Morgan fingerprint density at radius 3 is 2.70 bits per heavy atom. The number of primary amides is 1. The Bertz CT molecular complexity index is 675. The first-order valence-electron chi connectivity index (χ1n) is 7.12. The van der Waals surface area contributed by atoms with Gasteiger partial charge in [0.2, 0.25) is 0 Å². The maximum Gasteiger partial charge on any atom is 0.267 e. The minimum Gasteiger partial charge on any atom is -0.493 e. The highest BCUT2D eigenvalue weighted by molar-refractivity contribution is 6.30. The molecule has 0 atom stereocenters. The van der Waals surface area contributed by atoms with Crippen LogP contribution in [0.5, 0.6) is 5.75 Å². The van der Waals surface area contributed by atoms with Gasteiger partial charge in [0.1, 0.15) is 11.4 Å². The molecule has 1 aromatic carbocycles. The smallest absolute Gasteiger partial charge is 0.267 e. The van der Waals surface area contributed by atoms with Crippen LogP contribution in [-0.2, 0) is 6.42 Å². The molecule has 0 saturated carbocycles. The van der Waals surface area contributed by atoms with Crippen LogP contribution in [0.25, 0.3) is 0 Å². The molecule has 0 spiro atoms. The van der Waals surface area contributed by atoms with Crippen LogP contribution < -0.4 is 10.5 Å². The molecule has 2 aromatic rings. The summed E-state index contributed by atoms with van der Waals surface area (Å²) in [6.07, 6.45) is 0.523. The molecule has 0 aliphatic carbocycles. The van der Waals surface area contributed by atoms with Crippen LogP contribution in [0.1, 0.15) is 35.6 Å². The predicted molar refractivity (Wildman–Crippen MR) is 94.6 cm³/mol. The molecule has 0 radical (unpaired) electrons. The molecule has 0 aliphatic heterocycles.